The minimum atomic E-state index is -3.87. The van der Waals surface area contributed by atoms with Crippen molar-refractivity contribution < 1.29 is 17.5 Å². The number of nitrogens with two attached hydrogens (primary N) is 1. The molecular formula is C10H15FN2O3S. The first-order valence-corrected chi connectivity index (χ1v) is 6.34. The molecule has 0 aliphatic rings. The molecule has 0 radical (unpaired) electrons. The second-order valence-corrected chi connectivity index (χ2v) is 5.52. The van der Waals surface area contributed by atoms with Crippen LogP contribution >= 0.6 is 0 Å². The van der Waals surface area contributed by atoms with Crippen molar-refractivity contribution in [2.75, 3.05) is 33.0 Å². The van der Waals surface area contributed by atoms with E-state index in [0.29, 0.717) is 0 Å². The molecule has 0 atom stereocenters. The van der Waals surface area contributed by atoms with Crippen LogP contribution in [0.25, 0.3) is 0 Å². The lowest BCUT2D eigenvalue weighted by molar-refractivity contribution is 0.185. The van der Waals surface area contributed by atoms with Crippen molar-refractivity contribution >= 4 is 15.7 Å². The maximum Gasteiger partial charge on any atom is 0.245 e. The number of halogens is 1. The van der Waals surface area contributed by atoms with Crippen molar-refractivity contribution in [3.8, 4) is 0 Å². The Kier molecular flexibility index (Phi) is 4.44. The minimum absolute atomic E-state index is 0.146. The van der Waals surface area contributed by atoms with Crippen LogP contribution in [-0.2, 0) is 14.8 Å². The number of methoxy groups -OCH3 is 1. The summed E-state index contributed by atoms with van der Waals surface area (Å²) < 4.78 is 43.2. The standard InChI is InChI=1S/C10H15FN2O3S/c1-13(5-6-16-2)17(14,15)10-7-8(12)3-4-9(10)11/h3-4,7H,5-6,12H2,1-2H3. The number of ether oxygens (including phenoxy) is 1. The van der Waals surface area contributed by atoms with Crippen LogP contribution in [0.2, 0.25) is 0 Å². The lowest BCUT2D eigenvalue weighted by Crippen LogP contribution is -2.30. The Labute approximate surface area is 100 Å². The van der Waals surface area contributed by atoms with Crippen LogP contribution < -0.4 is 5.73 Å². The Morgan fingerprint density at radius 2 is 2.12 bits per heavy atom. The molecule has 17 heavy (non-hydrogen) atoms. The number of anilines is 1. The summed E-state index contributed by atoms with van der Waals surface area (Å²) in [7, 11) is -1.05. The third-order valence-electron chi connectivity index (χ3n) is 2.25. The first-order chi connectivity index (χ1) is 7.89. The van der Waals surface area contributed by atoms with E-state index in [9.17, 15) is 12.8 Å². The van der Waals surface area contributed by atoms with E-state index < -0.39 is 20.7 Å². The lowest BCUT2D eigenvalue weighted by atomic mass is 10.3. The van der Waals surface area contributed by atoms with Crippen molar-refractivity contribution in [2.45, 2.75) is 4.90 Å². The molecule has 2 N–H and O–H groups in total. The summed E-state index contributed by atoms with van der Waals surface area (Å²) in [5.74, 6) is -0.816. The van der Waals surface area contributed by atoms with Gasteiger partial charge in [0.25, 0.3) is 0 Å². The molecule has 7 heteroatoms. The van der Waals surface area contributed by atoms with Gasteiger partial charge in [-0.05, 0) is 18.2 Å². The summed E-state index contributed by atoms with van der Waals surface area (Å²) in [6.45, 7) is 0.382. The number of hydrogen-bond donors (Lipinski definition) is 1. The predicted octanol–water partition coefficient (Wildman–Crippen LogP) is 0.675. The number of benzene rings is 1. The number of hydrogen-bond acceptors (Lipinski definition) is 4. The molecule has 0 heterocycles. The van der Waals surface area contributed by atoms with Crippen molar-refractivity contribution in [1.82, 2.24) is 4.31 Å². The van der Waals surface area contributed by atoms with Gasteiger partial charge in [0, 0.05) is 26.4 Å². The second-order valence-electron chi connectivity index (χ2n) is 3.51. The molecule has 0 fully saturated rings. The molecule has 0 aromatic heterocycles. The fourth-order valence-electron chi connectivity index (χ4n) is 1.23. The highest BCUT2D eigenvalue weighted by Gasteiger charge is 2.24. The van der Waals surface area contributed by atoms with Gasteiger partial charge in [-0.2, -0.15) is 4.31 Å². The van der Waals surface area contributed by atoms with Gasteiger partial charge in [-0.25, -0.2) is 12.8 Å². The van der Waals surface area contributed by atoms with Gasteiger partial charge in [0.1, 0.15) is 10.7 Å². The Bertz CT molecular complexity index is 490. The average molecular weight is 262 g/mol. The number of nitrogen functional groups attached to an aromatic ring is 1. The molecule has 0 saturated heterocycles. The van der Waals surface area contributed by atoms with Crippen LogP contribution in [0.4, 0.5) is 10.1 Å². The van der Waals surface area contributed by atoms with Gasteiger partial charge in [0.15, 0.2) is 0 Å². The van der Waals surface area contributed by atoms with Gasteiger partial charge in [-0.1, -0.05) is 0 Å². The molecule has 0 aliphatic carbocycles. The highest BCUT2D eigenvalue weighted by Crippen LogP contribution is 2.20. The molecule has 0 unspecified atom stereocenters. The van der Waals surface area contributed by atoms with Gasteiger partial charge >= 0.3 is 0 Å². The van der Waals surface area contributed by atoms with Crippen molar-refractivity contribution in [2.24, 2.45) is 0 Å². The fourth-order valence-corrected chi connectivity index (χ4v) is 2.48. The molecule has 0 aliphatic heterocycles. The fraction of sp³-hybridized carbons (Fsp3) is 0.400. The molecule has 1 rings (SSSR count). The van der Waals surface area contributed by atoms with Crippen LogP contribution in [0.1, 0.15) is 0 Å². The summed E-state index contributed by atoms with van der Waals surface area (Å²) in [5, 5.41) is 0. The molecule has 96 valence electrons. The van der Waals surface area contributed by atoms with Crippen LogP contribution in [0, 0.1) is 5.82 Å². The van der Waals surface area contributed by atoms with Crippen molar-refractivity contribution in [3.63, 3.8) is 0 Å². The van der Waals surface area contributed by atoms with E-state index >= 15 is 0 Å². The van der Waals surface area contributed by atoms with Gasteiger partial charge in [-0.3, -0.25) is 0 Å². The Hall–Kier alpha value is -1.18. The van der Waals surface area contributed by atoms with Gasteiger partial charge in [0.2, 0.25) is 10.0 Å². The molecule has 1 aromatic carbocycles. The highest BCUT2D eigenvalue weighted by molar-refractivity contribution is 7.89. The Morgan fingerprint density at radius 3 is 2.71 bits per heavy atom. The third-order valence-corrected chi connectivity index (χ3v) is 4.13. The molecular weight excluding hydrogens is 247 g/mol. The first-order valence-electron chi connectivity index (χ1n) is 4.90. The highest BCUT2D eigenvalue weighted by atomic mass is 32.2. The quantitative estimate of drug-likeness (QED) is 0.792. The molecule has 1 aromatic rings. The predicted molar refractivity (Wildman–Crippen MR) is 62.5 cm³/mol. The van der Waals surface area contributed by atoms with Crippen molar-refractivity contribution in [1.29, 1.82) is 0 Å². The zero-order valence-corrected chi connectivity index (χ0v) is 10.5. The van der Waals surface area contributed by atoms with Crippen LogP contribution in [0.5, 0.6) is 0 Å². The van der Waals surface area contributed by atoms with E-state index in [1.54, 1.807) is 0 Å². The maximum absolute atomic E-state index is 13.5. The lowest BCUT2D eigenvalue weighted by Gasteiger charge is -2.17. The maximum atomic E-state index is 13.5. The van der Waals surface area contributed by atoms with Gasteiger partial charge in [-0.15, -0.1) is 0 Å². The number of nitrogens with zero attached hydrogens (tertiary/aromatic N) is 1. The Balaban J connectivity index is 3.08. The summed E-state index contributed by atoms with van der Waals surface area (Å²) in [6, 6.07) is 3.45. The molecule has 0 spiro atoms. The van der Waals surface area contributed by atoms with Gasteiger partial charge in [0.05, 0.1) is 6.61 Å². The monoisotopic (exact) mass is 262 g/mol. The molecule has 0 bridgehead atoms. The van der Waals surface area contributed by atoms with E-state index in [2.05, 4.69) is 0 Å². The summed E-state index contributed by atoms with van der Waals surface area (Å²) in [4.78, 5) is -0.420. The van der Waals surface area contributed by atoms with E-state index in [1.165, 1.54) is 20.2 Å². The van der Waals surface area contributed by atoms with E-state index in [1.807, 2.05) is 0 Å². The summed E-state index contributed by atoms with van der Waals surface area (Å²) in [6.07, 6.45) is 0. The van der Waals surface area contributed by atoms with Crippen LogP contribution in [0.3, 0.4) is 0 Å². The zero-order valence-electron chi connectivity index (χ0n) is 9.68. The van der Waals surface area contributed by atoms with Gasteiger partial charge < -0.3 is 10.5 Å². The number of sulfonamides is 1. The largest absolute Gasteiger partial charge is 0.399 e. The average Bonchev–Trinajstić information content (AvgIpc) is 2.28. The molecule has 0 amide bonds. The van der Waals surface area contributed by atoms with E-state index in [-0.39, 0.29) is 18.8 Å². The summed E-state index contributed by atoms with van der Waals surface area (Å²) in [5.41, 5.74) is 5.65. The minimum Gasteiger partial charge on any atom is -0.399 e. The van der Waals surface area contributed by atoms with E-state index in [4.69, 9.17) is 10.5 Å². The number of likely N-dealkylation sites (N-methyl/N-ethyl adjacent to an activating group) is 1. The zero-order chi connectivity index (χ0) is 13.1. The Morgan fingerprint density at radius 1 is 1.47 bits per heavy atom. The second kappa shape index (κ2) is 5.44. The SMILES string of the molecule is COCCN(C)S(=O)(=O)c1cc(N)ccc1F. The normalized spacial score (nSPS) is 12.0. The van der Waals surface area contributed by atoms with E-state index in [0.717, 1.165) is 16.4 Å². The van der Waals surface area contributed by atoms with Crippen molar-refractivity contribution in [3.05, 3.63) is 24.0 Å². The topological polar surface area (TPSA) is 72.6 Å². The van der Waals surface area contributed by atoms with Crippen LogP contribution in [0.15, 0.2) is 23.1 Å². The van der Waals surface area contributed by atoms with Crippen LogP contribution in [-0.4, -0.2) is 40.0 Å². The molecule has 0 saturated carbocycles. The summed E-state index contributed by atoms with van der Waals surface area (Å²) >= 11 is 0. The smallest absolute Gasteiger partial charge is 0.245 e. The molecule has 5 nitrogen and oxygen atoms in total. The number of rotatable bonds is 5. The third kappa shape index (κ3) is 3.15. The first kappa shape index (κ1) is 13.9.